The molecular weight excluding hydrogens is 449 g/mol. The van der Waals surface area contributed by atoms with Crippen LogP contribution < -0.4 is 21.3 Å². The lowest BCUT2D eigenvalue weighted by atomic mass is 10.2. The molecule has 8 nitrogen and oxygen atoms in total. The Bertz CT molecular complexity index is 1420. The van der Waals surface area contributed by atoms with E-state index in [9.17, 15) is 14.0 Å². The second-order valence-electron chi connectivity index (χ2n) is 7.14. The number of para-hydroxylation sites is 1. The lowest BCUT2D eigenvalue weighted by Gasteiger charge is -2.10. The zero-order valence-electron chi connectivity index (χ0n) is 17.7. The summed E-state index contributed by atoms with van der Waals surface area (Å²) in [6.07, 6.45) is 1.41. The van der Waals surface area contributed by atoms with Crippen molar-refractivity contribution < 1.29 is 13.9 Å². The van der Waals surface area contributed by atoms with Crippen LogP contribution in [0.2, 0.25) is 5.02 Å². The van der Waals surface area contributed by atoms with Crippen molar-refractivity contribution in [2.24, 2.45) is 7.05 Å². The van der Waals surface area contributed by atoms with Crippen LogP contribution >= 0.6 is 11.6 Å². The third-order valence-corrected chi connectivity index (χ3v) is 5.46. The second-order valence-corrected chi connectivity index (χ2v) is 7.52. The predicted molar refractivity (Wildman–Crippen MR) is 124 cm³/mol. The minimum absolute atomic E-state index is 0.0814. The molecule has 1 amide bonds. The summed E-state index contributed by atoms with van der Waals surface area (Å²) in [6, 6.07) is 14.3. The Morgan fingerprint density at radius 2 is 1.91 bits per heavy atom. The molecule has 0 radical (unpaired) electrons. The van der Waals surface area contributed by atoms with Gasteiger partial charge in [-0.1, -0.05) is 29.8 Å². The van der Waals surface area contributed by atoms with Gasteiger partial charge in [0, 0.05) is 25.4 Å². The summed E-state index contributed by atoms with van der Waals surface area (Å²) in [5.41, 5.74) is 5.98. The molecule has 0 saturated heterocycles. The molecule has 0 unspecified atom stereocenters. The number of halogens is 2. The number of carbonyl (C=O) groups excluding carboxylic acids is 1. The van der Waals surface area contributed by atoms with E-state index in [1.54, 1.807) is 42.9 Å². The first-order valence-electron chi connectivity index (χ1n) is 9.80. The predicted octanol–water partition coefficient (Wildman–Crippen LogP) is 4.30. The van der Waals surface area contributed by atoms with E-state index >= 15 is 0 Å². The van der Waals surface area contributed by atoms with Crippen molar-refractivity contribution in [1.29, 1.82) is 0 Å². The molecule has 0 aliphatic carbocycles. The number of amides is 1. The number of nitrogens with zero attached hydrogens (tertiary/aromatic N) is 3. The van der Waals surface area contributed by atoms with Gasteiger partial charge < -0.3 is 15.8 Å². The van der Waals surface area contributed by atoms with Crippen LogP contribution in [0.25, 0.3) is 5.69 Å². The molecule has 2 heterocycles. The Hall–Kier alpha value is -4.11. The maximum atomic E-state index is 14.7. The van der Waals surface area contributed by atoms with Crippen LogP contribution in [-0.4, -0.2) is 20.3 Å². The normalized spacial score (nSPS) is 10.8. The topological polar surface area (TPSA) is 104 Å². The van der Waals surface area contributed by atoms with Crippen LogP contribution in [-0.2, 0) is 7.05 Å². The molecule has 4 rings (SSSR count). The average molecular weight is 468 g/mol. The molecule has 2 aromatic carbocycles. The van der Waals surface area contributed by atoms with Gasteiger partial charge in [0.2, 0.25) is 0 Å². The monoisotopic (exact) mass is 467 g/mol. The molecule has 0 bridgehead atoms. The molecule has 3 N–H and O–H groups in total. The largest absolute Gasteiger partial charge is 0.455 e. The Morgan fingerprint density at radius 3 is 2.61 bits per heavy atom. The molecule has 0 atom stereocenters. The molecule has 0 fully saturated rings. The van der Waals surface area contributed by atoms with E-state index in [1.807, 2.05) is 6.07 Å². The van der Waals surface area contributed by atoms with Gasteiger partial charge in [0.15, 0.2) is 5.75 Å². The van der Waals surface area contributed by atoms with Crippen LogP contribution in [0.5, 0.6) is 11.5 Å². The fraction of sp³-hybridized carbons (Fsp3) is 0.0870. The highest BCUT2D eigenvalue weighted by molar-refractivity contribution is 6.34. The summed E-state index contributed by atoms with van der Waals surface area (Å²) < 4.78 is 23.2. The Balaban J connectivity index is 1.60. The number of aromatic nitrogens is 3. The van der Waals surface area contributed by atoms with Gasteiger partial charge in [-0.2, -0.15) is 0 Å². The maximum Gasteiger partial charge on any atom is 0.284 e. The van der Waals surface area contributed by atoms with E-state index in [-0.39, 0.29) is 33.6 Å². The summed E-state index contributed by atoms with van der Waals surface area (Å²) in [4.78, 5) is 29.7. The van der Waals surface area contributed by atoms with Gasteiger partial charge in [-0.05, 0) is 31.2 Å². The highest BCUT2D eigenvalue weighted by Crippen LogP contribution is 2.33. The van der Waals surface area contributed by atoms with Crippen molar-refractivity contribution >= 4 is 29.0 Å². The van der Waals surface area contributed by atoms with Crippen molar-refractivity contribution in [3.63, 3.8) is 0 Å². The third kappa shape index (κ3) is 4.18. The minimum atomic E-state index is -0.754. The van der Waals surface area contributed by atoms with Crippen LogP contribution in [0.4, 0.5) is 15.9 Å². The van der Waals surface area contributed by atoms with Crippen LogP contribution in [0.3, 0.4) is 0 Å². The van der Waals surface area contributed by atoms with E-state index in [2.05, 4.69) is 10.3 Å². The van der Waals surface area contributed by atoms with Gasteiger partial charge in [0.25, 0.3) is 11.5 Å². The summed E-state index contributed by atoms with van der Waals surface area (Å²) in [7, 11) is 1.67. The Kier molecular flexibility index (Phi) is 5.89. The fourth-order valence-corrected chi connectivity index (χ4v) is 3.47. The lowest BCUT2D eigenvalue weighted by Crippen LogP contribution is -2.25. The van der Waals surface area contributed by atoms with Crippen molar-refractivity contribution in [1.82, 2.24) is 14.3 Å². The smallest absolute Gasteiger partial charge is 0.284 e. The number of hydrogen-bond acceptors (Lipinski definition) is 5. The molecule has 10 heteroatoms. The number of hydrogen-bond donors (Lipinski definition) is 2. The van der Waals surface area contributed by atoms with Crippen LogP contribution in [0, 0.1) is 12.7 Å². The molecule has 0 spiro atoms. The number of pyridine rings is 1. The van der Waals surface area contributed by atoms with Crippen molar-refractivity contribution in [3.05, 3.63) is 93.2 Å². The number of nitrogens with two attached hydrogens (primary N) is 1. The number of anilines is 2. The van der Waals surface area contributed by atoms with E-state index in [4.69, 9.17) is 22.1 Å². The summed E-state index contributed by atoms with van der Waals surface area (Å²) >= 11 is 6.04. The Morgan fingerprint density at radius 1 is 1.18 bits per heavy atom. The molecule has 0 aliphatic rings. The van der Waals surface area contributed by atoms with Gasteiger partial charge in [-0.3, -0.25) is 14.3 Å². The molecule has 0 aliphatic heterocycles. The van der Waals surface area contributed by atoms with E-state index in [1.165, 1.54) is 29.1 Å². The van der Waals surface area contributed by atoms with Gasteiger partial charge >= 0.3 is 0 Å². The molecule has 2 aromatic heterocycles. The molecule has 33 heavy (non-hydrogen) atoms. The molecular formula is C23H19ClFN5O3. The van der Waals surface area contributed by atoms with Crippen molar-refractivity contribution in [3.8, 4) is 17.2 Å². The number of ether oxygens (including phenoxy) is 1. The first-order chi connectivity index (χ1) is 15.8. The van der Waals surface area contributed by atoms with Gasteiger partial charge in [-0.15, -0.1) is 0 Å². The standard InChI is InChI=1S/C23H19ClFN5O3/c1-13-19(23(32)30(29(13)2)14-6-4-3-5-7-14)22(31)28-17-9-8-15(12-16(17)25)33-18-10-11-27-21(26)20(18)24/h3-12H,1-2H3,(H2,26,27)(H,28,31). The summed E-state index contributed by atoms with van der Waals surface area (Å²) in [5, 5.41) is 2.56. The SMILES string of the molecule is Cc1c(C(=O)Nc2ccc(Oc3ccnc(N)c3Cl)cc2F)c(=O)n(-c2ccccc2)n1C. The second kappa shape index (κ2) is 8.79. The molecule has 0 saturated carbocycles. The van der Waals surface area contributed by atoms with Gasteiger partial charge in [0.05, 0.1) is 17.1 Å². The van der Waals surface area contributed by atoms with Crippen molar-refractivity contribution in [2.45, 2.75) is 6.92 Å². The van der Waals surface area contributed by atoms with Gasteiger partial charge in [-0.25, -0.2) is 14.1 Å². The number of benzene rings is 2. The first kappa shape index (κ1) is 22.1. The highest BCUT2D eigenvalue weighted by atomic mass is 35.5. The van der Waals surface area contributed by atoms with E-state index < -0.39 is 17.3 Å². The zero-order chi connectivity index (χ0) is 23.7. The summed E-state index contributed by atoms with van der Waals surface area (Å²) in [5.74, 6) is -1.05. The van der Waals surface area contributed by atoms with Crippen molar-refractivity contribution in [2.75, 3.05) is 11.1 Å². The minimum Gasteiger partial charge on any atom is -0.455 e. The number of nitrogens with one attached hydrogen (secondary N) is 1. The number of carbonyl (C=O) groups is 1. The highest BCUT2D eigenvalue weighted by Gasteiger charge is 2.23. The molecule has 4 aromatic rings. The Labute approximate surface area is 193 Å². The van der Waals surface area contributed by atoms with Crippen LogP contribution in [0.1, 0.15) is 16.1 Å². The first-order valence-corrected chi connectivity index (χ1v) is 10.2. The van der Waals surface area contributed by atoms with Crippen LogP contribution in [0.15, 0.2) is 65.6 Å². The van der Waals surface area contributed by atoms with Gasteiger partial charge in [0.1, 0.15) is 28.0 Å². The quantitative estimate of drug-likeness (QED) is 0.455. The van der Waals surface area contributed by atoms with E-state index in [0.29, 0.717) is 11.4 Å². The van der Waals surface area contributed by atoms with E-state index in [0.717, 1.165) is 6.07 Å². The average Bonchev–Trinajstić information content (AvgIpc) is 3.02. The molecule has 168 valence electrons. The zero-order valence-corrected chi connectivity index (χ0v) is 18.4. The fourth-order valence-electron chi connectivity index (χ4n) is 3.32. The summed E-state index contributed by atoms with van der Waals surface area (Å²) in [6.45, 7) is 1.65. The number of nitrogen functional groups attached to an aromatic ring is 1. The third-order valence-electron chi connectivity index (χ3n) is 5.08. The number of rotatable bonds is 5. The lowest BCUT2D eigenvalue weighted by molar-refractivity contribution is 0.102. The maximum absolute atomic E-state index is 14.7.